The summed E-state index contributed by atoms with van der Waals surface area (Å²) in [6.07, 6.45) is 1.22. The number of nitrogens with zero attached hydrogens (tertiary/aromatic N) is 1. The van der Waals surface area contributed by atoms with Gasteiger partial charge in [-0.25, -0.2) is 4.98 Å². The van der Waals surface area contributed by atoms with Gasteiger partial charge in [-0.1, -0.05) is 6.07 Å². The zero-order valence-corrected chi connectivity index (χ0v) is 12.2. The molecule has 0 atom stereocenters. The quantitative estimate of drug-likeness (QED) is 0.546. The van der Waals surface area contributed by atoms with Gasteiger partial charge in [0.1, 0.15) is 0 Å². The molecule has 0 bridgehead atoms. The van der Waals surface area contributed by atoms with E-state index in [9.17, 15) is 13.4 Å². The molecule has 0 aliphatic carbocycles. The van der Waals surface area contributed by atoms with Gasteiger partial charge in [0.25, 0.3) is 10.0 Å². The third kappa shape index (κ3) is 2.59. The zero-order valence-electron chi connectivity index (χ0n) is 11.4. The molecular weight excluding hydrogens is 307 g/mol. The van der Waals surface area contributed by atoms with Crippen LogP contribution in [0.25, 0.3) is 0 Å². The molecule has 3 rings (SSSR count). The molecule has 2 aromatic rings. The molecule has 1 aliphatic heterocycles. The summed E-state index contributed by atoms with van der Waals surface area (Å²) in [5.74, 6) is 0. The Bertz CT molecular complexity index is 843. The first-order valence-electron chi connectivity index (χ1n) is 6.33. The van der Waals surface area contributed by atoms with Gasteiger partial charge in [-0.2, -0.15) is 8.42 Å². The van der Waals surface area contributed by atoms with Crippen molar-refractivity contribution in [3.8, 4) is 0 Å². The van der Waals surface area contributed by atoms with Crippen LogP contribution >= 0.6 is 0 Å². The summed E-state index contributed by atoms with van der Waals surface area (Å²) < 4.78 is 32.1. The van der Waals surface area contributed by atoms with Crippen LogP contribution in [0.2, 0.25) is 0 Å². The number of benzene rings is 1. The van der Waals surface area contributed by atoms with Crippen LogP contribution in [0.15, 0.2) is 35.5 Å². The molecule has 0 saturated carbocycles. The number of rotatable bonds is 3. The van der Waals surface area contributed by atoms with E-state index in [-0.39, 0.29) is 23.0 Å². The van der Waals surface area contributed by atoms with E-state index >= 15 is 0 Å². The van der Waals surface area contributed by atoms with Crippen LogP contribution in [0, 0.1) is 0 Å². The van der Waals surface area contributed by atoms with Crippen molar-refractivity contribution in [2.45, 2.75) is 11.6 Å². The highest BCUT2D eigenvalue weighted by Crippen LogP contribution is 2.22. The van der Waals surface area contributed by atoms with Crippen molar-refractivity contribution >= 4 is 39.7 Å². The number of nitrogens with one attached hydrogen (secondary N) is 1. The third-order valence-corrected chi connectivity index (χ3v) is 4.57. The van der Waals surface area contributed by atoms with Gasteiger partial charge in [0.15, 0.2) is 5.03 Å². The van der Waals surface area contributed by atoms with Crippen LogP contribution in [0.3, 0.4) is 0 Å². The van der Waals surface area contributed by atoms with Gasteiger partial charge in [-0.15, -0.1) is 0 Å². The van der Waals surface area contributed by atoms with Gasteiger partial charge in [-0.3, -0.25) is 4.72 Å². The molecule has 1 aromatic heterocycles. The maximum absolute atomic E-state index is 12.3. The second-order valence-corrected chi connectivity index (χ2v) is 6.44. The highest BCUT2D eigenvalue weighted by Gasteiger charge is 2.28. The number of anilines is 3. The van der Waals surface area contributed by atoms with Crippen molar-refractivity contribution in [2.75, 3.05) is 16.2 Å². The van der Waals surface area contributed by atoms with Crippen molar-refractivity contribution in [3.05, 3.63) is 36.0 Å². The largest absolute Gasteiger partial charge is 0.491 e. The fourth-order valence-electron chi connectivity index (χ4n) is 2.21. The standard InChI is InChI=1S/C12H13BN4O4S/c14-8-4-11(15)12(16-5-8)22(19,20)17-9-1-2-10-7(3-9)6-21-13(10)18/h1-5,17-18H,6,14-15H2. The van der Waals surface area contributed by atoms with Gasteiger partial charge in [-0.05, 0) is 29.2 Å². The molecule has 0 amide bonds. The van der Waals surface area contributed by atoms with E-state index in [0.29, 0.717) is 16.7 Å². The van der Waals surface area contributed by atoms with Crippen LogP contribution in [-0.2, 0) is 21.3 Å². The summed E-state index contributed by atoms with van der Waals surface area (Å²) in [5.41, 5.74) is 13.1. The fourth-order valence-corrected chi connectivity index (χ4v) is 3.30. The molecule has 8 nitrogen and oxygen atoms in total. The van der Waals surface area contributed by atoms with E-state index in [1.54, 1.807) is 12.1 Å². The van der Waals surface area contributed by atoms with E-state index in [1.807, 2.05) is 0 Å². The lowest BCUT2D eigenvalue weighted by molar-refractivity contribution is 0.275. The van der Waals surface area contributed by atoms with Crippen LogP contribution in [0.1, 0.15) is 5.56 Å². The first kappa shape index (κ1) is 14.6. The Morgan fingerprint density at radius 2 is 2.09 bits per heavy atom. The van der Waals surface area contributed by atoms with Crippen LogP contribution < -0.4 is 21.7 Å². The Kier molecular flexibility index (Phi) is 3.43. The monoisotopic (exact) mass is 320 g/mol. The SMILES string of the molecule is Nc1cnc(S(=O)(=O)Nc2ccc3c(c2)COB3O)c(N)c1. The Morgan fingerprint density at radius 3 is 2.82 bits per heavy atom. The number of aromatic nitrogens is 1. The molecule has 1 aliphatic rings. The number of fused-ring (bicyclic) bond motifs is 1. The maximum atomic E-state index is 12.3. The average Bonchev–Trinajstić information content (AvgIpc) is 2.79. The van der Waals surface area contributed by atoms with E-state index < -0.39 is 17.1 Å². The molecular formula is C12H13BN4O4S. The van der Waals surface area contributed by atoms with Crippen molar-refractivity contribution in [1.29, 1.82) is 0 Å². The zero-order chi connectivity index (χ0) is 15.9. The summed E-state index contributed by atoms with van der Waals surface area (Å²) in [5, 5.41) is 9.25. The number of hydrogen-bond donors (Lipinski definition) is 4. The second-order valence-electron chi connectivity index (χ2n) is 4.85. The predicted molar refractivity (Wildman–Crippen MR) is 82.7 cm³/mol. The number of pyridine rings is 1. The minimum absolute atomic E-state index is 0.0348. The molecule has 114 valence electrons. The molecule has 0 radical (unpaired) electrons. The fraction of sp³-hybridized carbons (Fsp3) is 0.0833. The molecule has 0 spiro atoms. The predicted octanol–water partition coefficient (Wildman–Crippen LogP) is -0.736. The number of sulfonamides is 1. The first-order chi connectivity index (χ1) is 10.4. The summed E-state index contributed by atoms with van der Waals surface area (Å²) in [6, 6.07) is 6.05. The lowest BCUT2D eigenvalue weighted by atomic mass is 9.79. The van der Waals surface area contributed by atoms with E-state index in [4.69, 9.17) is 16.1 Å². The number of nitrogen functional groups attached to an aromatic ring is 2. The topological polar surface area (TPSA) is 141 Å². The molecule has 0 fully saturated rings. The number of nitrogens with two attached hydrogens (primary N) is 2. The van der Waals surface area contributed by atoms with Gasteiger partial charge >= 0.3 is 7.12 Å². The van der Waals surface area contributed by atoms with E-state index in [1.165, 1.54) is 18.3 Å². The lowest BCUT2D eigenvalue weighted by Crippen LogP contribution is -2.28. The highest BCUT2D eigenvalue weighted by atomic mass is 32.2. The molecule has 22 heavy (non-hydrogen) atoms. The highest BCUT2D eigenvalue weighted by molar-refractivity contribution is 7.92. The van der Waals surface area contributed by atoms with Crippen molar-refractivity contribution < 1.29 is 18.1 Å². The Balaban J connectivity index is 1.92. The van der Waals surface area contributed by atoms with Crippen molar-refractivity contribution in [1.82, 2.24) is 4.98 Å². The molecule has 1 aromatic carbocycles. The Hall–Kier alpha value is -2.30. The molecule has 10 heteroatoms. The van der Waals surface area contributed by atoms with Crippen LogP contribution in [-0.4, -0.2) is 25.5 Å². The Labute approximate surface area is 127 Å². The lowest BCUT2D eigenvalue weighted by Gasteiger charge is -2.10. The summed E-state index contributed by atoms with van der Waals surface area (Å²) in [4.78, 5) is 3.77. The summed E-state index contributed by atoms with van der Waals surface area (Å²) >= 11 is 0. The van der Waals surface area contributed by atoms with Gasteiger partial charge < -0.3 is 21.1 Å². The first-order valence-corrected chi connectivity index (χ1v) is 7.81. The Morgan fingerprint density at radius 1 is 1.32 bits per heavy atom. The third-order valence-electron chi connectivity index (χ3n) is 3.21. The molecule has 0 unspecified atom stereocenters. The molecule has 0 saturated heterocycles. The van der Waals surface area contributed by atoms with Gasteiger partial charge in [0, 0.05) is 5.69 Å². The minimum Gasteiger partial charge on any atom is -0.423 e. The number of hydrogen-bond acceptors (Lipinski definition) is 7. The summed E-state index contributed by atoms with van der Waals surface area (Å²) in [6.45, 7) is 0.217. The normalized spacial score (nSPS) is 14.0. The smallest absolute Gasteiger partial charge is 0.423 e. The maximum Gasteiger partial charge on any atom is 0.491 e. The van der Waals surface area contributed by atoms with Gasteiger partial charge in [0.05, 0.1) is 24.2 Å². The van der Waals surface area contributed by atoms with Crippen molar-refractivity contribution in [2.24, 2.45) is 0 Å². The van der Waals surface area contributed by atoms with Gasteiger partial charge in [0.2, 0.25) is 0 Å². The summed E-state index contributed by atoms with van der Waals surface area (Å²) in [7, 11) is -4.91. The molecule has 2 heterocycles. The van der Waals surface area contributed by atoms with E-state index in [0.717, 1.165) is 0 Å². The minimum atomic E-state index is -3.94. The second kappa shape index (κ2) is 5.16. The van der Waals surface area contributed by atoms with Crippen LogP contribution in [0.4, 0.5) is 17.1 Å². The average molecular weight is 320 g/mol. The molecule has 6 N–H and O–H groups in total. The van der Waals surface area contributed by atoms with Crippen molar-refractivity contribution in [3.63, 3.8) is 0 Å². The van der Waals surface area contributed by atoms with E-state index in [2.05, 4.69) is 9.71 Å². The van der Waals surface area contributed by atoms with Crippen LogP contribution in [0.5, 0.6) is 0 Å².